The fraction of sp³-hybridized carbons (Fsp3) is 0.250. The minimum absolute atomic E-state index is 0.113. The second-order valence-corrected chi connectivity index (χ2v) is 12.6. The third-order valence-corrected chi connectivity index (χ3v) is 9.43. The van der Waals surface area contributed by atoms with Gasteiger partial charge in [0.1, 0.15) is 11.6 Å². The maximum Gasteiger partial charge on any atom is 0.416 e. The summed E-state index contributed by atoms with van der Waals surface area (Å²) in [4.78, 5) is 17.6. The number of rotatable bonds is 7. The van der Waals surface area contributed by atoms with Crippen molar-refractivity contribution < 1.29 is 43.9 Å². The number of hydrogen-bond donors (Lipinski definition) is 1. The molecule has 40 heavy (non-hydrogen) atoms. The first-order valence-corrected chi connectivity index (χ1v) is 14.4. The van der Waals surface area contributed by atoms with Crippen molar-refractivity contribution >= 4 is 31.6 Å². The molecule has 1 aliphatic rings. The highest BCUT2D eigenvalue weighted by atomic mass is 32.2. The van der Waals surface area contributed by atoms with Gasteiger partial charge in [0.05, 0.1) is 34.7 Å². The number of aromatic nitrogens is 1. The van der Waals surface area contributed by atoms with Crippen molar-refractivity contribution in [2.24, 2.45) is 5.14 Å². The van der Waals surface area contributed by atoms with E-state index >= 15 is 0 Å². The first-order valence-electron chi connectivity index (χ1n) is 11.3. The largest absolute Gasteiger partial charge is 0.496 e. The zero-order valence-electron chi connectivity index (χ0n) is 20.9. The number of hydrogen-bond acceptors (Lipinski definition) is 7. The molecule has 2 heterocycles. The Kier molecular flexibility index (Phi) is 7.66. The molecule has 0 aliphatic carbocycles. The summed E-state index contributed by atoms with van der Waals surface area (Å²) in [5, 5.41) is 3.62. The van der Waals surface area contributed by atoms with E-state index in [2.05, 4.69) is 4.98 Å². The summed E-state index contributed by atoms with van der Waals surface area (Å²) in [6.45, 7) is -1.09. The van der Waals surface area contributed by atoms with E-state index in [0.29, 0.717) is 27.6 Å². The average molecular weight is 603 g/mol. The Hall–Kier alpha value is -3.60. The molecular weight excluding hydrogens is 580 g/mol. The summed E-state index contributed by atoms with van der Waals surface area (Å²) in [5.74, 6) is -1.47. The molecule has 10 nitrogen and oxygen atoms in total. The lowest BCUT2D eigenvalue weighted by Crippen LogP contribution is -2.58. The maximum absolute atomic E-state index is 13.8. The van der Waals surface area contributed by atoms with Gasteiger partial charge in [-0.05, 0) is 36.4 Å². The zero-order valence-corrected chi connectivity index (χ0v) is 22.5. The molecule has 0 atom stereocenters. The van der Waals surface area contributed by atoms with Crippen LogP contribution in [-0.2, 0) is 26.2 Å². The smallest absolute Gasteiger partial charge is 0.416 e. The highest BCUT2D eigenvalue weighted by molar-refractivity contribution is 7.92. The summed E-state index contributed by atoms with van der Waals surface area (Å²) >= 11 is 0. The van der Waals surface area contributed by atoms with Crippen molar-refractivity contribution in [3.05, 3.63) is 71.8 Å². The number of methoxy groups -OCH3 is 1. The van der Waals surface area contributed by atoms with Crippen LogP contribution in [0.4, 0.5) is 23.2 Å². The molecule has 1 amide bonds. The summed E-state index contributed by atoms with van der Waals surface area (Å²) in [5.41, 5.74) is -1.18. The molecule has 2 aromatic carbocycles. The summed E-state index contributed by atoms with van der Waals surface area (Å²) < 4.78 is 110. The standard InChI is InChI=1S/C24H22F4N4O6S2/c1-31(21-11-30-6-5-19(21)20-4-3-16(25)10-22(20)38-2)23(33)14-7-15(24(26,27)28)9-17(8-14)39(34,35)18-12-32(13-18)40(29,36)37/h3-11,18H,12-13H2,1-2H3,(H2,29,36,37). The number of anilines is 1. The summed E-state index contributed by atoms with van der Waals surface area (Å²) in [6, 6.07) is 6.87. The van der Waals surface area contributed by atoms with Gasteiger partial charge in [0.2, 0.25) is 0 Å². The van der Waals surface area contributed by atoms with Crippen LogP contribution in [0.2, 0.25) is 0 Å². The molecule has 1 aromatic heterocycles. The van der Waals surface area contributed by atoms with E-state index in [4.69, 9.17) is 9.88 Å². The van der Waals surface area contributed by atoms with Gasteiger partial charge < -0.3 is 9.64 Å². The Bertz CT molecular complexity index is 1690. The Morgan fingerprint density at radius 2 is 1.75 bits per heavy atom. The summed E-state index contributed by atoms with van der Waals surface area (Å²) in [6.07, 6.45) is -2.36. The molecule has 1 fully saturated rings. The Balaban J connectivity index is 1.76. The number of alkyl halides is 3. The number of ether oxygens (including phenoxy) is 1. The van der Waals surface area contributed by atoms with Crippen LogP contribution in [0.15, 0.2) is 59.8 Å². The van der Waals surface area contributed by atoms with Crippen LogP contribution >= 0.6 is 0 Å². The molecular formula is C24H22F4N4O6S2. The molecule has 0 radical (unpaired) electrons. The zero-order chi connectivity index (χ0) is 29.6. The van der Waals surface area contributed by atoms with Gasteiger partial charge in [-0.15, -0.1) is 0 Å². The minimum Gasteiger partial charge on any atom is -0.496 e. The Morgan fingerprint density at radius 3 is 2.35 bits per heavy atom. The van der Waals surface area contributed by atoms with Crippen LogP contribution in [0.3, 0.4) is 0 Å². The van der Waals surface area contributed by atoms with E-state index in [1.807, 2.05) is 0 Å². The van der Waals surface area contributed by atoms with E-state index in [1.165, 1.54) is 38.7 Å². The van der Waals surface area contributed by atoms with Crippen molar-refractivity contribution in [1.82, 2.24) is 9.29 Å². The lowest BCUT2D eigenvalue weighted by atomic mass is 10.0. The predicted molar refractivity (Wildman–Crippen MR) is 136 cm³/mol. The van der Waals surface area contributed by atoms with Crippen LogP contribution in [-0.4, -0.2) is 64.5 Å². The molecule has 3 aromatic rings. The average Bonchev–Trinajstić information content (AvgIpc) is 2.85. The van der Waals surface area contributed by atoms with Gasteiger partial charge in [-0.3, -0.25) is 9.78 Å². The SMILES string of the molecule is COc1cc(F)ccc1-c1ccncc1N(C)C(=O)c1cc(C(F)(F)F)cc(S(=O)(=O)C2CN(S(N)(=O)=O)C2)c1. The van der Waals surface area contributed by atoms with Crippen LogP contribution in [0.1, 0.15) is 15.9 Å². The third kappa shape index (κ3) is 5.65. The molecule has 0 spiro atoms. The van der Waals surface area contributed by atoms with Gasteiger partial charge in [0.25, 0.3) is 16.1 Å². The van der Waals surface area contributed by atoms with Gasteiger partial charge >= 0.3 is 6.18 Å². The predicted octanol–water partition coefficient (Wildman–Crippen LogP) is 2.85. The van der Waals surface area contributed by atoms with E-state index in [0.717, 1.165) is 23.1 Å². The number of pyridine rings is 1. The molecule has 0 saturated carbocycles. The lowest BCUT2D eigenvalue weighted by Gasteiger charge is -2.36. The minimum atomic E-state index is -5.01. The Labute approximate surface area is 227 Å². The lowest BCUT2D eigenvalue weighted by molar-refractivity contribution is -0.137. The van der Waals surface area contributed by atoms with Gasteiger partial charge in [-0.1, -0.05) is 0 Å². The van der Waals surface area contributed by atoms with Crippen molar-refractivity contribution in [3.63, 3.8) is 0 Å². The molecule has 16 heteroatoms. The topological polar surface area (TPSA) is 140 Å². The highest BCUT2D eigenvalue weighted by Crippen LogP contribution is 2.38. The number of amides is 1. The van der Waals surface area contributed by atoms with Crippen molar-refractivity contribution in [3.8, 4) is 16.9 Å². The molecule has 4 rings (SSSR count). The number of benzene rings is 2. The van der Waals surface area contributed by atoms with Crippen LogP contribution in [0, 0.1) is 5.82 Å². The number of sulfone groups is 1. The summed E-state index contributed by atoms with van der Waals surface area (Å²) in [7, 11) is -6.10. The first kappa shape index (κ1) is 29.4. The number of nitrogens with zero attached hydrogens (tertiary/aromatic N) is 3. The Morgan fingerprint density at radius 1 is 1.07 bits per heavy atom. The third-order valence-electron chi connectivity index (χ3n) is 6.34. The van der Waals surface area contributed by atoms with Gasteiger partial charge in [-0.2, -0.15) is 25.9 Å². The van der Waals surface area contributed by atoms with Crippen LogP contribution < -0.4 is 14.8 Å². The van der Waals surface area contributed by atoms with Gasteiger partial charge in [-0.25, -0.2) is 17.9 Å². The molecule has 1 aliphatic heterocycles. The molecule has 0 unspecified atom stereocenters. The van der Waals surface area contributed by atoms with Crippen LogP contribution in [0.5, 0.6) is 5.75 Å². The number of carbonyl (C=O) groups is 1. The van der Waals surface area contributed by atoms with Gasteiger partial charge in [0.15, 0.2) is 9.84 Å². The van der Waals surface area contributed by atoms with Gasteiger partial charge in [0, 0.05) is 49.1 Å². The second kappa shape index (κ2) is 10.4. The van der Waals surface area contributed by atoms with E-state index < -0.39 is 72.3 Å². The first-order chi connectivity index (χ1) is 18.5. The maximum atomic E-state index is 13.8. The molecule has 2 N–H and O–H groups in total. The van der Waals surface area contributed by atoms with Crippen molar-refractivity contribution in [2.45, 2.75) is 16.3 Å². The van der Waals surface area contributed by atoms with E-state index in [1.54, 1.807) is 0 Å². The quantitative estimate of drug-likeness (QED) is 0.410. The fourth-order valence-electron chi connectivity index (χ4n) is 4.12. The number of nitrogens with two attached hydrogens (primary N) is 1. The monoisotopic (exact) mass is 602 g/mol. The normalized spacial score (nSPS) is 15.0. The van der Waals surface area contributed by atoms with Crippen LogP contribution in [0.25, 0.3) is 11.1 Å². The second-order valence-electron chi connectivity index (χ2n) is 8.87. The van der Waals surface area contributed by atoms with E-state index in [9.17, 15) is 39.2 Å². The fourth-order valence-corrected chi connectivity index (χ4v) is 6.80. The van der Waals surface area contributed by atoms with Crippen molar-refractivity contribution in [2.75, 3.05) is 32.1 Å². The molecule has 1 saturated heterocycles. The molecule has 214 valence electrons. The molecule has 0 bridgehead atoms. The highest BCUT2D eigenvalue weighted by Gasteiger charge is 2.44. The van der Waals surface area contributed by atoms with Crippen molar-refractivity contribution in [1.29, 1.82) is 0 Å². The van der Waals surface area contributed by atoms with E-state index in [-0.39, 0.29) is 11.4 Å². The number of carbonyl (C=O) groups excluding carboxylic acids is 1. The number of halogens is 4.